The van der Waals surface area contributed by atoms with Gasteiger partial charge in [-0.3, -0.25) is 4.79 Å². The molecule has 1 aromatic carbocycles. The first-order valence-corrected chi connectivity index (χ1v) is 10.3. The average molecular weight is 396 g/mol. The molecular weight excluding hydrogens is 366 g/mol. The minimum atomic E-state index is -0.0238. The maximum atomic E-state index is 13.0. The Hall–Kier alpha value is -2.76. The van der Waals surface area contributed by atoms with Crippen LogP contribution < -0.4 is 14.4 Å². The van der Waals surface area contributed by atoms with E-state index in [9.17, 15) is 4.79 Å². The van der Waals surface area contributed by atoms with Crippen LogP contribution in [0.2, 0.25) is 0 Å². The first kappa shape index (κ1) is 19.6. The van der Waals surface area contributed by atoms with Crippen molar-refractivity contribution in [2.75, 3.05) is 38.8 Å². The second-order valence-electron chi connectivity index (χ2n) is 8.02. The predicted molar refractivity (Wildman–Crippen MR) is 113 cm³/mol. The number of amides is 1. The van der Waals surface area contributed by atoms with Crippen LogP contribution in [0.15, 0.2) is 30.5 Å². The summed E-state index contributed by atoms with van der Waals surface area (Å²) in [6.45, 7) is 5.66. The van der Waals surface area contributed by atoms with Gasteiger partial charge >= 0.3 is 0 Å². The molecule has 154 valence electrons. The van der Waals surface area contributed by atoms with Crippen molar-refractivity contribution in [2.45, 2.75) is 32.7 Å². The number of anilines is 1. The average Bonchev–Trinajstić information content (AvgIpc) is 2.78. The van der Waals surface area contributed by atoms with Crippen molar-refractivity contribution in [2.24, 2.45) is 5.92 Å². The highest BCUT2D eigenvalue weighted by Gasteiger charge is 2.25. The molecule has 4 rings (SSSR count). The summed E-state index contributed by atoms with van der Waals surface area (Å²) in [5, 5.41) is 0. The lowest BCUT2D eigenvalue weighted by Crippen LogP contribution is -2.36. The van der Waals surface area contributed by atoms with Gasteiger partial charge in [0.2, 0.25) is 0 Å². The van der Waals surface area contributed by atoms with Gasteiger partial charge in [-0.25, -0.2) is 4.98 Å². The number of methoxy groups -OCH3 is 2. The minimum absolute atomic E-state index is 0.0238. The minimum Gasteiger partial charge on any atom is -0.493 e. The molecule has 0 aliphatic carbocycles. The van der Waals surface area contributed by atoms with E-state index in [0.29, 0.717) is 24.5 Å². The molecule has 0 N–H and O–H groups in total. The summed E-state index contributed by atoms with van der Waals surface area (Å²) in [4.78, 5) is 21.7. The Morgan fingerprint density at radius 2 is 1.72 bits per heavy atom. The van der Waals surface area contributed by atoms with E-state index in [1.165, 1.54) is 18.4 Å². The molecule has 0 unspecified atom stereocenters. The van der Waals surface area contributed by atoms with Gasteiger partial charge < -0.3 is 19.3 Å². The van der Waals surface area contributed by atoms with Crippen LogP contribution in [0.25, 0.3) is 0 Å². The Morgan fingerprint density at radius 3 is 2.34 bits per heavy atom. The Bertz CT molecular complexity index is 874. The van der Waals surface area contributed by atoms with Gasteiger partial charge in [-0.1, -0.05) is 6.92 Å². The van der Waals surface area contributed by atoms with Crippen molar-refractivity contribution in [3.8, 4) is 11.5 Å². The number of hydrogen-bond donors (Lipinski definition) is 0. The third kappa shape index (κ3) is 4.02. The molecule has 2 aromatic rings. The summed E-state index contributed by atoms with van der Waals surface area (Å²) in [5.41, 5.74) is 3.91. The van der Waals surface area contributed by atoms with Crippen LogP contribution >= 0.6 is 0 Å². The fourth-order valence-electron chi connectivity index (χ4n) is 4.18. The topological polar surface area (TPSA) is 54.9 Å². The number of carbonyl (C=O) groups is 1. The van der Waals surface area contributed by atoms with Gasteiger partial charge in [-0.15, -0.1) is 0 Å². The number of rotatable bonds is 4. The first-order valence-electron chi connectivity index (χ1n) is 10.3. The number of pyridine rings is 1. The summed E-state index contributed by atoms with van der Waals surface area (Å²) in [5.74, 6) is 2.19. The van der Waals surface area contributed by atoms with E-state index < -0.39 is 0 Å². The van der Waals surface area contributed by atoms with E-state index in [0.717, 1.165) is 42.4 Å². The largest absolute Gasteiger partial charge is 0.493 e. The molecule has 6 nitrogen and oxygen atoms in total. The van der Waals surface area contributed by atoms with Crippen LogP contribution in [-0.4, -0.2) is 49.6 Å². The predicted octanol–water partition coefficient (Wildman–Crippen LogP) is 3.53. The number of nitrogens with zero attached hydrogens (tertiary/aromatic N) is 3. The maximum absolute atomic E-state index is 13.0. The molecular formula is C23H29N3O3. The number of benzene rings is 1. The van der Waals surface area contributed by atoms with E-state index in [-0.39, 0.29) is 5.91 Å². The highest BCUT2D eigenvalue weighted by molar-refractivity contribution is 5.92. The van der Waals surface area contributed by atoms with Crippen LogP contribution in [0.4, 0.5) is 5.69 Å². The lowest BCUT2D eigenvalue weighted by molar-refractivity contribution is 0.0728. The molecule has 2 aliphatic heterocycles. The Morgan fingerprint density at radius 1 is 1.03 bits per heavy atom. The van der Waals surface area contributed by atoms with Crippen molar-refractivity contribution in [3.63, 3.8) is 0 Å². The second kappa shape index (κ2) is 8.31. The molecule has 0 atom stereocenters. The van der Waals surface area contributed by atoms with Gasteiger partial charge in [0.1, 0.15) is 5.69 Å². The fraction of sp³-hybridized carbons (Fsp3) is 0.478. The quantitative estimate of drug-likeness (QED) is 0.793. The lowest BCUT2D eigenvalue weighted by atomic mass is 9.98. The van der Waals surface area contributed by atoms with Crippen molar-refractivity contribution < 1.29 is 14.3 Å². The van der Waals surface area contributed by atoms with Crippen molar-refractivity contribution in [1.29, 1.82) is 0 Å². The monoisotopic (exact) mass is 395 g/mol. The van der Waals surface area contributed by atoms with Crippen LogP contribution in [0, 0.1) is 5.92 Å². The number of carbonyl (C=O) groups excluding carboxylic acids is 1. The summed E-state index contributed by atoms with van der Waals surface area (Å²) in [6.07, 6.45) is 5.06. The van der Waals surface area contributed by atoms with Crippen molar-refractivity contribution in [1.82, 2.24) is 9.88 Å². The Kier molecular flexibility index (Phi) is 5.60. The zero-order valence-electron chi connectivity index (χ0n) is 17.5. The zero-order chi connectivity index (χ0) is 20.4. The molecule has 0 spiro atoms. The molecule has 1 amide bonds. The SMILES string of the molecule is COc1cc2c(cc1OC)CN(C(=O)c1ccc(N3CCC(C)CC3)cn1)CC2. The Balaban J connectivity index is 1.46. The Labute approximate surface area is 172 Å². The summed E-state index contributed by atoms with van der Waals surface area (Å²) < 4.78 is 10.8. The molecule has 1 aromatic heterocycles. The van der Waals surface area contributed by atoms with Crippen molar-refractivity contribution in [3.05, 3.63) is 47.3 Å². The summed E-state index contributed by atoms with van der Waals surface area (Å²) in [7, 11) is 3.27. The van der Waals surface area contributed by atoms with Crippen LogP contribution in [-0.2, 0) is 13.0 Å². The van der Waals surface area contributed by atoms with Gasteiger partial charge in [-0.2, -0.15) is 0 Å². The molecule has 0 bridgehead atoms. The van der Waals surface area contributed by atoms with E-state index in [4.69, 9.17) is 9.47 Å². The van der Waals surface area contributed by atoms with Gasteiger partial charge in [0.25, 0.3) is 5.91 Å². The molecule has 0 radical (unpaired) electrons. The van der Waals surface area contributed by atoms with E-state index in [1.807, 2.05) is 35.4 Å². The molecule has 29 heavy (non-hydrogen) atoms. The molecule has 6 heteroatoms. The van der Waals surface area contributed by atoms with Gasteiger partial charge in [-0.05, 0) is 60.6 Å². The third-order valence-corrected chi connectivity index (χ3v) is 6.12. The molecule has 1 fully saturated rings. The van der Waals surface area contributed by atoms with Crippen LogP contribution in [0.3, 0.4) is 0 Å². The zero-order valence-corrected chi connectivity index (χ0v) is 17.5. The molecule has 1 saturated heterocycles. The normalized spacial score (nSPS) is 17.1. The van der Waals surface area contributed by atoms with Crippen molar-refractivity contribution >= 4 is 11.6 Å². The van der Waals surface area contributed by atoms with E-state index in [2.05, 4.69) is 16.8 Å². The molecule has 0 saturated carbocycles. The van der Waals surface area contributed by atoms with Crippen LogP contribution in [0.1, 0.15) is 41.4 Å². The van der Waals surface area contributed by atoms with Crippen LogP contribution in [0.5, 0.6) is 11.5 Å². The number of hydrogen-bond acceptors (Lipinski definition) is 5. The summed E-state index contributed by atoms with van der Waals surface area (Å²) >= 11 is 0. The highest BCUT2D eigenvalue weighted by atomic mass is 16.5. The number of piperidine rings is 1. The third-order valence-electron chi connectivity index (χ3n) is 6.12. The standard InChI is InChI=1S/C23H29N3O3/c1-16-6-9-25(10-7-16)19-4-5-20(24-14-19)23(27)26-11-8-17-12-21(28-2)22(29-3)13-18(17)15-26/h4-5,12-14,16H,6-11,15H2,1-3H3. The van der Waals surface area contributed by atoms with Gasteiger partial charge in [0.15, 0.2) is 11.5 Å². The van der Waals surface area contributed by atoms with Gasteiger partial charge in [0.05, 0.1) is 26.1 Å². The fourth-order valence-corrected chi connectivity index (χ4v) is 4.18. The van der Waals surface area contributed by atoms with E-state index in [1.54, 1.807) is 14.2 Å². The highest BCUT2D eigenvalue weighted by Crippen LogP contribution is 2.33. The maximum Gasteiger partial charge on any atom is 0.272 e. The number of aromatic nitrogens is 1. The number of fused-ring (bicyclic) bond motifs is 1. The molecule has 3 heterocycles. The summed E-state index contributed by atoms with van der Waals surface area (Å²) in [6, 6.07) is 7.88. The number of ether oxygens (including phenoxy) is 2. The smallest absolute Gasteiger partial charge is 0.272 e. The molecule has 2 aliphatic rings. The van der Waals surface area contributed by atoms with E-state index >= 15 is 0 Å². The first-order chi connectivity index (χ1) is 14.1. The van der Waals surface area contributed by atoms with Gasteiger partial charge in [0, 0.05) is 26.2 Å². The second-order valence-corrected chi connectivity index (χ2v) is 8.02. The lowest BCUT2D eigenvalue weighted by Gasteiger charge is -2.32.